The first-order valence-electron chi connectivity index (χ1n) is 10.6. The van der Waals surface area contributed by atoms with Crippen molar-refractivity contribution in [2.24, 2.45) is 7.05 Å². The first-order chi connectivity index (χ1) is 15.4. The maximum atomic E-state index is 13.3. The Bertz CT molecular complexity index is 1170. The fraction of sp³-hybridized carbons (Fsp3) is 0.391. The number of carbonyl (C=O) groups excluding carboxylic acids is 1. The van der Waals surface area contributed by atoms with E-state index in [9.17, 15) is 4.79 Å². The van der Waals surface area contributed by atoms with Gasteiger partial charge in [0.2, 0.25) is 11.8 Å². The minimum absolute atomic E-state index is 0.145. The molecular formula is C23H25N5O4. The van der Waals surface area contributed by atoms with Crippen molar-refractivity contribution in [3.63, 3.8) is 0 Å². The highest BCUT2D eigenvalue weighted by Gasteiger charge is 2.34. The van der Waals surface area contributed by atoms with Crippen molar-refractivity contribution in [1.82, 2.24) is 19.7 Å². The van der Waals surface area contributed by atoms with Crippen LogP contribution in [0, 0.1) is 0 Å². The van der Waals surface area contributed by atoms with Crippen LogP contribution in [0.1, 0.15) is 36.2 Å². The molecule has 9 heteroatoms. The van der Waals surface area contributed by atoms with Crippen molar-refractivity contribution >= 4 is 11.7 Å². The molecule has 0 spiro atoms. The lowest BCUT2D eigenvalue weighted by molar-refractivity contribution is 0.101. The topological polar surface area (TPSA) is 100 Å². The summed E-state index contributed by atoms with van der Waals surface area (Å²) in [6.07, 6.45) is 4.87. The van der Waals surface area contributed by atoms with E-state index in [4.69, 9.17) is 14.2 Å². The van der Waals surface area contributed by atoms with Crippen LogP contribution in [0.5, 0.6) is 11.8 Å². The van der Waals surface area contributed by atoms with E-state index in [1.165, 1.54) is 0 Å². The summed E-state index contributed by atoms with van der Waals surface area (Å²) in [4.78, 5) is 22.4. The van der Waals surface area contributed by atoms with Crippen molar-refractivity contribution in [3.8, 4) is 23.0 Å². The highest BCUT2D eigenvalue weighted by molar-refractivity contribution is 6.05. The van der Waals surface area contributed by atoms with E-state index in [-0.39, 0.29) is 23.5 Å². The summed E-state index contributed by atoms with van der Waals surface area (Å²) in [5, 5.41) is 7.06. The van der Waals surface area contributed by atoms with E-state index < -0.39 is 0 Å². The third-order valence-corrected chi connectivity index (χ3v) is 5.42. The number of aryl methyl sites for hydroxylation is 1. The van der Waals surface area contributed by atoms with E-state index in [1.54, 1.807) is 16.9 Å². The van der Waals surface area contributed by atoms with Crippen molar-refractivity contribution in [2.45, 2.75) is 38.4 Å². The smallest absolute Gasteiger partial charge is 0.262 e. The standard InChI is InChI=1S/C23H25N5O4/c1-23(2)10-14-9-17(22(27-21(14)32-23)31-16-7-8-30-13-16)20(29)26-19-6-4-5-18(25-19)15-11-24-28(3)12-15/h4-6,9,11-12,16H,7-8,10,13H2,1-3H3,(H,25,26,29)/t16-/m1/s1. The highest BCUT2D eigenvalue weighted by atomic mass is 16.6. The fourth-order valence-electron chi connectivity index (χ4n) is 3.91. The van der Waals surface area contributed by atoms with E-state index in [0.29, 0.717) is 36.9 Å². The molecule has 1 saturated heterocycles. The van der Waals surface area contributed by atoms with Gasteiger partial charge in [-0.25, -0.2) is 4.98 Å². The molecule has 0 saturated carbocycles. The van der Waals surface area contributed by atoms with Gasteiger partial charge in [0.15, 0.2) is 0 Å². The molecule has 0 aliphatic carbocycles. The summed E-state index contributed by atoms with van der Waals surface area (Å²) < 4.78 is 19.1. The predicted molar refractivity (Wildman–Crippen MR) is 117 cm³/mol. The van der Waals surface area contributed by atoms with Crippen molar-refractivity contribution in [3.05, 3.63) is 47.8 Å². The largest absolute Gasteiger partial charge is 0.471 e. The SMILES string of the molecule is Cn1cc(-c2cccc(NC(=O)c3cc4c(nc3O[C@@H]3CCOC3)OC(C)(C)C4)n2)cn1. The first kappa shape index (κ1) is 20.4. The van der Waals surface area contributed by atoms with Gasteiger partial charge in [-0.2, -0.15) is 10.1 Å². The Morgan fingerprint density at radius 1 is 1.31 bits per heavy atom. The second-order valence-corrected chi connectivity index (χ2v) is 8.71. The van der Waals surface area contributed by atoms with Crippen LogP contribution < -0.4 is 14.8 Å². The van der Waals surface area contributed by atoms with Gasteiger partial charge >= 0.3 is 0 Å². The molecule has 2 aliphatic rings. The predicted octanol–water partition coefficient (Wildman–Crippen LogP) is 3.01. The van der Waals surface area contributed by atoms with E-state index in [1.807, 2.05) is 45.3 Å². The summed E-state index contributed by atoms with van der Waals surface area (Å²) in [6, 6.07) is 7.27. The van der Waals surface area contributed by atoms with Crippen LogP contribution in [0.3, 0.4) is 0 Å². The molecule has 5 rings (SSSR count). The van der Waals surface area contributed by atoms with Crippen molar-refractivity contribution < 1.29 is 19.0 Å². The van der Waals surface area contributed by atoms with Crippen LogP contribution in [0.25, 0.3) is 11.3 Å². The number of amides is 1. The van der Waals surface area contributed by atoms with Gasteiger partial charge in [-0.05, 0) is 32.0 Å². The number of hydrogen-bond acceptors (Lipinski definition) is 7. The van der Waals surface area contributed by atoms with Gasteiger partial charge in [-0.15, -0.1) is 0 Å². The number of fused-ring (bicyclic) bond motifs is 1. The molecule has 3 aromatic heterocycles. The molecule has 0 aromatic carbocycles. The van der Waals surface area contributed by atoms with Gasteiger partial charge in [-0.3, -0.25) is 9.48 Å². The zero-order valence-corrected chi connectivity index (χ0v) is 18.3. The van der Waals surface area contributed by atoms with Crippen molar-refractivity contribution in [2.75, 3.05) is 18.5 Å². The number of carbonyl (C=O) groups is 1. The van der Waals surface area contributed by atoms with Gasteiger partial charge in [0.25, 0.3) is 5.91 Å². The lowest BCUT2D eigenvalue weighted by Crippen LogP contribution is -2.24. The average molecular weight is 435 g/mol. The lowest BCUT2D eigenvalue weighted by atomic mass is 10.0. The highest BCUT2D eigenvalue weighted by Crippen LogP contribution is 2.37. The molecule has 2 aliphatic heterocycles. The third-order valence-electron chi connectivity index (χ3n) is 5.42. The molecule has 5 heterocycles. The summed E-state index contributed by atoms with van der Waals surface area (Å²) in [7, 11) is 1.85. The van der Waals surface area contributed by atoms with E-state index in [2.05, 4.69) is 20.4 Å². The fourth-order valence-corrected chi connectivity index (χ4v) is 3.91. The molecule has 1 N–H and O–H groups in total. The molecule has 32 heavy (non-hydrogen) atoms. The molecular weight excluding hydrogens is 410 g/mol. The Hall–Kier alpha value is -3.46. The second kappa shape index (κ2) is 7.90. The molecule has 1 atom stereocenters. The van der Waals surface area contributed by atoms with Crippen LogP contribution in [0.15, 0.2) is 36.7 Å². The Morgan fingerprint density at radius 2 is 2.19 bits per heavy atom. The minimum Gasteiger partial charge on any atom is -0.471 e. The Balaban J connectivity index is 1.44. The molecule has 1 fully saturated rings. The molecule has 166 valence electrons. The van der Waals surface area contributed by atoms with Gasteiger partial charge in [0.05, 0.1) is 25.1 Å². The quantitative estimate of drug-likeness (QED) is 0.657. The van der Waals surface area contributed by atoms with E-state index >= 15 is 0 Å². The lowest BCUT2D eigenvalue weighted by Gasteiger charge is -2.17. The normalized spacial score (nSPS) is 18.8. The van der Waals surface area contributed by atoms with Crippen LogP contribution in [0.4, 0.5) is 5.82 Å². The number of rotatable bonds is 5. The number of anilines is 1. The van der Waals surface area contributed by atoms with Crippen LogP contribution in [-0.2, 0) is 18.2 Å². The summed E-state index contributed by atoms with van der Waals surface area (Å²) >= 11 is 0. The summed E-state index contributed by atoms with van der Waals surface area (Å²) in [6.45, 7) is 5.09. The molecule has 0 unspecified atom stereocenters. The van der Waals surface area contributed by atoms with Gasteiger partial charge in [0, 0.05) is 37.2 Å². The zero-order valence-electron chi connectivity index (χ0n) is 18.3. The van der Waals surface area contributed by atoms with Gasteiger partial charge in [0.1, 0.15) is 23.1 Å². The molecule has 9 nitrogen and oxygen atoms in total. The number of pyridine rings is 2. The Morgan fingerprint density at radius 3 is 2.94 bits per heavy atom. The number of hydrogen-bond donors (Lipinski definition) is 1. The second-order valence-electron chi connectivity index (χ2n) is 8.71. The van der Waals surface area contributed by atoms with Gasteiger partial charge < -0.3 is 19.5 Å². The van der Waals surface area contributed by atoms with E-state index in [0.717, 1.165) is 23.2 Å². The number of nitrogens with zero attached hydrogens (tertiary/aromatic N) is 4. The molecule has 0 radical (unpaired) electrons. The maximum absolute atomic E-state index is 13.3. The van der Waals surface area contributed by atoms with Crippen LogP contribution >= 0.6 is 0 Å². The zero-order chi connectivity index (χ0) is 22.3. The number of ether oxygens (including phenoxy) is 3. The number of aromatic nitrogens is 4. The Labute approximate surface area is 185 Å². The van der Waals surface area contributed by atoms with Crippen molar-refractivity contribution in [1.29, 1.82) is 0 Å². The minimum atomic E-state index is -0.377. The monoisotopic (exact) mass is 435 g/mol. The summed E-state index contributed by atoms with van der Waals surface area (Å²) in [5.41, 5.74) is 2.44. The van der Waals surface area contributed by atoms with Crippen LogP contribution in [0.2, 0.25) is 0 Å². The third kappa shape index (κ3) is 4.16. The maximum Gasteiger partial charge on any atom is 0.262 e. The van der Waals surface area contributed by atoms with Crippen LogP contribution in [-0.4, -0.2) is 50.6 Å². The van der Waals surface area contributed by atoms with Gasteiger partial charge in [-0.1, -0.05) is 6.07 Å². The molecule has 0 bridgehead atoms. The number of nitrogens with one attached hydrogen (secondary N) is 1. The first-order valence-corrected chi connectivity index (χ1v) is 10.6. The molecule has 1 amide bonds. The average Bonchev–Trinajstić information content (AvgIpc) is 3.47. The Kier molecular flexibility index (Phi) is 5.05. The molecule has 3 aromatic rings. The summed E-state index contributed by atoms with van der Waals surface area (Å²) in [5.74, 6) is 0.855.